The van der Waals surface area contributed by atoms with Crippen LogP contribution in [-0.4, -0.2) is 20.5 Å². The Bertz CT molecular complexity index is 242. The van der Waals surface area contributed by atoms with Gasteiger partial charge in [0.2, 0.25) is 0 Å². The van der Waals surface area contributed by atoms with Crippen LogP contribution in [-0.2, 0) is 9.47 Å². The summed E-state index contributed by atoms with van der Waals surface area (Å²) in [6.45, 7) is 0.932. The maximum atomic E-state index is 5.10. The molecule has 0 aliphatic carbocycles. The first kappa shape index (κ1) is 9.96. The van der Waals surface area contributed by atoms with E-state index >= 15 is 0 Å². The summed E-state index contributed by atoms with van der Waals surface area (Å²) in [5.41, 5.74) is 1.18. The Morgan fingerprint density at radius 2 is 2.00 bits per heavy atom. The van der Waals surface area contributed by atoms with Gasteiger partial charge in [-0.1, -0.05) is 42.5 Å². The van der Waals surface area contributed by atoms with Crippen LogP contribution in [0.5, 0.6) is 0 Å². The fraction of sp³-hybridized carbons (Fsp3) is 0.273. The van der Waals surface area contributed by atoms with E-state index in [-0.39, 0.29) is 0 Å². The van der Waals surface area contributed by atoms with Gasteiger partial charge in [0, 0.05) is 7.11 Å². The highest BCUT2D eigenvalue weighted by atomic mass is 16.7. The molecule has 0 bridgehead atoms. The Morgan fingerprint density at radius 3 is 2.69 bits per heavy atom. The van der Waals surface area contributed by atoms with Crippen molar-refractivity contribution in [2.45, 2.75) is 0 Å². The molecule has 0 aliphatic rings. The van der Waals surface area contributed by atoms with Gasteiger partial charge < -0.3 is 9.47 Å². The van der Waals surface area contributed by atoms with Crippen LogP contribution in [0.3, 0.4) is 0 Å². The summed E-state index contributed by atoms with van der Waals surface area (Å²) < 4.78 is 9.83. The molecule has 2 heteroatoms. The number of hydrogen-bond acceptors (Lipinski definition) is 2. The smallest absolute Gasteiger partial charge is 0.146 e. The zero-order chi connectivity index (χ0) is 9.36. The monoisotopic (exact) mass is 178 g/mol. The molecule has 0 spiro atoms. The maximum Gasteiger partial charge on any atom is 0.146 e. The molecule has 0 fully saturated rings. The van der Waals surface area contributed by atoms with Crippen molar-refractivity contribution in [1.29, 1.82) is 0 Å². The lowest BCUT2D eigenvalue weighted by Crippen LogP contribution is -1.95. The summed E-state index contributed by atoms with van der Waals surface area (Å²) in [6.07, 6.45) is 3.99. The van der Waals surface area contributed by atoms with Crippen LogP contribution in [0.15, 0.2) is 36.4 Å². The summed E-state index contributed by atoms with van der Waals surface area (Å²) >= 11 is 0. The molecule has 0 heterocycles. The van der Waals surface area contributed by atoms with Gasteiger partial charge in [-0.3, -0.25) is 0 Å². The minimum absolute atomic E-state index is 0.346. The Morgan fingerprint density at radius 1 is 1.23 bits per heavy atom. The molecule has 1 aromatic carbocycles. The van der Waals surface area contributed by atoms with E-state index in [1.165, 1.54) is 5.56 Å². The van der Waals surface area contributed by atoms with Crippen molar-refractivity contribution in [3.05, 3.63) is 42.0 Å². The standard InChI is InChI=1S/C11H14O2/c1-12-10-13-9-5-8-11-6-3-2-4-7-11/h2-8H,9-10H2,1H3. The first-order valence-corrected chi connectivity index (χ1v) is 4.22. The van der Waals surface area contributed by atoms with Gasteiger partial charge in [-0.15, -0.1) is 0 Å². The Hall–Kier alpha value is -1.12. The lowest BCUT2D eigenvalue weighted by molar-refractivity contribution is -0.0184. The molecular formula is C11H14O2. The lowest BCUT2D eigenvalue weighted by Gasteiger charge is -1.96. The maximum absolute atomic E-state index is 5.10. The van der Waals surface area contributed by atoms with E-state index in [1.54, 1.807) is 7.11 Å². The molecule has 0 unspecified atom stereocenters. The Balaban J connectivity index is 2.25. The van der Waals surface area contributed by atoms with Gasteiger partial charge in [-0.2, -0.15) is 0 Å². The number of hydrogen-bond donors (Lipinski definition) is 0. The number of ether oxygens (including phenoxy) is 2. The molecule has 1 rings (SSSR count). The molecule has 0 atom stereocenters. The largest absolute Gasteiger partial charge is 0.359 e. The molecule has 13 heavy (non-hydrogen) atoms. The zero-order valence-corrected chi connectivity index (χ0v) is 7.77. The van der Waals surface area contributed by atoms with Gasteiger partial charge in [0.15, 0.2) is 0 Å². The summed E-state index contributed by atoms with van der Waals surface area (Å²) in [7, 11) is 1.61. The predicted molar refractivity (Wildman–Crippen MR) is 53.3 cm³/mol. The highest BCUT2D eigenvalue weighted by Crippen LogP contribution is 2.00. The molecular weight excluding hydrogens is 164 g/mol. The van der Waals surface area contributed by atoms with Crippen LogP contribution >= 0.6 is 0 Å². The molecule has 0 aliphatic heterocycles. The number of rotatable bonds is 5. The quantitative estimate of drug-likeness (QED) is 0.509. The van der Waals surface area contributed by atoms with E-state index in [2.05, 4.69) is 0 Å². The Kier molecular flexibility index (Phi) is 4.91. The van der Waals surface area contributed by atoms with E-state index in [4.69, 9.17) is 9.47 Å². The highest BCUT2D eigenvalue weighted by molar-refractivity contribution is 5.48. The topological polar surface area (TPSA) is 18.5 Å². The summed E-state index contributed by atoms with van der Waals surface area (Å²) in [5.74, 6) is 0. The number of methoxy groups -OCH3 is 1. The van der Waals surface area contributed by atoms with Crippen LogP contribution in [0.25, 0.3) is 6.08 Å². The highest BCUT2D eigenvalue weighted by Gasteiger charge is 1.82. The molecule has 0 N–H and O–H groups in total. The molecule has 0 amide bonds. The van der Waals surface area contributed by atoms with Crippen molar-refractivity contribution in [1.82, 2.24) is 0 Å². The van der Waals surface area contributed by atoms with E-state index in [9.17, 15) is 0 Å². The molecule has 70 valence electrons. The summed E-state index contributed by atoms with van der Waals surface area (Å²) in [4.78, 5) is 0. The molecule has 2 nitrogen and oxygen atoms in total. The van der Waals surface area contributed by atoms with Crippen LogP contribution < -0.4 is 0 Å². The molecule has 1 aromatic rings. The third kappa shape index (κ3) is 4.45. The fourth-order valence-corrected chi connectivity index (χ4v) is 0.948. The van der Waals surface area contributed by atoms with Gasteiger partial charge in [-0.05, 0) is 5.56 Å². The van der Waals surface area contributed by atoms with E-state index in [0.29, 0.717) is 13.4 Å². The van der Waals surface area contributed by atoms with Crippen LogP contribution in [0.1, 0.15) is 5.56 Å². The van der Waals surface area contributed by atoms with Crippen molar-refractivity contribution in [3.8, 4) is 0 Å². The van der Waals surface area contributed by atoms with Crippen molar-refractivity contribution >= 4 is 6.08 Å². The van der Waals surface area contributed by atoms with Gasteiger partial charge >= 0.3 is 0 Å². The molecule has 0 aromatic heterocycles. The van der Waals surface area contributed by atoms with E-state index in [1.807, 2.05) is 42.5 Å². The van der Waals surface area contributed by atoms with Gasteiger partial charge in [0.05, 0.1) is 6.61 Å². The SMILES string of the molecule is COCOCC=Cc1ccccc1. The molecule has 0 saturated heterocycles. The average molecular weight is 178 g/mol. The summed E-state index contributed by atoms with van der Waals surface area (Å²) in [6, 6.07) is 10.1. The third-order valence-electron chi connectivity index (χ3n) is 1.53. The van der Waals surface area contributed by atoms with Gasteiger partial charge in [0.25, 0.3) is 0 Å². The normalized spacial score (nSPS) is 10.8. The summed E-state index contributed by atoms with van der Waals surface area (Å²) in [5, 5.41) is 0. The Labute approximate surface area is 78.8 Å². The predicted octanol–water partition coefficient (Wildman–Crippen LogP) is 2.32. The second-order valence-electron chi connectivity index (χ2n) is 2.59. The van der Waals surface area contributed by atoms with E-state index < -0.39 is 0 Å². The average Bonchev–Trinajstić information content (AvgIpc) is 2.19. The first-order valence-electron chi connectivity index (χ1n) is 4.22. The minimum atomic E-state index is 0.346. The van der Waals surface area contributed by atoms with Gasteiger partial charge in [-0.25, -0.2) is 0 Å². The number of benzene rings is 1. The van der Waals surface area contributed by atoms with Crippen molar-refractivity contribution < 1.29 is 9.47 Å². The van der Waals surface area contributed by atoms with E-state index in [0.717, 1.165) is 0 Å². The fourth-order valence-electron chi connectivity index (χ4n) is 0.948. The van der Waals surface area contributed by atoms with Crippen molar-refractivity contribution in [3.63, 3.8) is 0 Å². The minimum Gasteiger partial charge on any atom is -0.359 e. The molecule has 0 saturated carbocycles. The second-order valence-corrected chi connectivity index (χ2v) is 2.59. The lowest BCUT2D eigenvalue weighted by atomic mass is 10.2. The molecule has 0 radical (unpaired) electrons. The van der Waals surface area contributed by atoms with Crippen molar-refractivity contribution in [2.75, 3.05) is 20.5 Å². The van der Waals surface area contributed by atoms with Gasteiger partial charge in [0.1, 0.15) is 6.79 Å². The van der Waals surface area contributed by atoms with Crippen LogP contribution in [0.2, 0.25) is 0 Å². The first-order chi connectivity index (χ1) is 6.43. The van der Waals surface area contributed by atoms with Crippen LogP contribution in [0.4, 0.5) is 0 Å². The van der Waals surface area contributed by atoms with Crippen molar-refractivity contribution in [2.24, 2.45) is 0 Å². The van der Waals surface area contributed by atoms with Crippen LogP contribution in [0, 0.1) is 0 Å². The third-order valence-corrected chi connectivity index (χ3v) is 1.53. The zero-order valence-electron chi connectivity index (χ0n) is 7.77. The second kappa shape index (κ2) is 6.40.